The summed E-state index contributed by atoms with van der Waals surface area (Å²) in [6.07, 6.45) is 8.64. The Hall–Kier alpha value is -0.930. The minimum atomic E-state index is 0.398. The molecule has 6 rings (SSSR count). The Bertz CT molecular complexity index is 924. The van der Waals surface area contributed by atoms with Crippen LogP contribution in [-0.2, 0) is 13.2 Å². The van der Waals surface area contributed by atoms with Gasteiger partial charge in [0.1, 0.15) is 12.4 Å². The van der Waals surface area contributed by atoms with Gasteiger partial charge in [-0.3, -0.25) is 0 Å². The molecule has 4 fully saturated rings. The smallest absolute Gasteiger partial charge is 0.124 e. The topological polar surface area (TPSA) is 21.3 Å². The van der Waals surface area contributed by atoms with Crippen molar-refractivity contribution in [3.63, 3.8) is 0 Å². The molecule has 0 heterocycles. The lowest BCUT2D eigenvalue weighted by molar-refractivity contribution is -0.0706. The van der Waals surface area contributed by atoms with Crippen molar-refractivity contribution in [1.82, 2.24) is 5.32 Å². The van der Waals surface area contributed by atoms with E-state index in [1.165, 1.54) is 38.5 Å². The van der Waals surface area contributed by atoms with Crippen LogP contribution in [0.3, 0.4) is 0 Å². The largest absolute Gasteiger partial charge is 0.489 e. The third kappa shape index (κ3) is 4.60. The monoisotopic (exact) mass is 477 g/mol. The van der Waals surface area contributed by atoms with E-state index >= 15 is 0 Å². The van der Waals surface area contributed by atoms with Gasteiger partial charge in [-0.05, 0) is 98.9 Å². The molecule has 1 N–H and O–H groups in total. The van der Waals surface area contributed by atoms with Crippen molar-refractivity contribution >= 4 is 34.8 Å². The van der Waals surface area contributed by atoms with E-state index in [0.717, 1.165) is 46.2 Å². The molecule has 0 aromatic heterocycles. The highest BCUT2D eigenvalue weighted by molar-refractivity contribution is 6.35. The van der Waals surface area contributed by atoms with Crippen molar-refractivity contribution < 1.29 is 4.74 Å². The molecule has 5 heteroatoms. The highest BCUT2D eigenvalue weighted by atomic mass is 35.5. The van der Waals surface area contributed by atoms with Gasteiger partial charge in [-0.2, -0.15) is 0 Å². The summed E-state index contributed by atoms with van der Waals surface area (Å²) < 4.78 is 6.15. The number of hydrogen-bond acceptors (Lipinski definition) is 2. The summed E-state index contributed by atoms with van der Waals surface area (Å²) in [6, 6.07) is 11.8. The molecule has 0 radical (unpaired) electrons. The van der Waals surface area contributed by atoms with E-state index in [9.17, 15) is 0 Å². The Labute approximate surface area is 200 Å². The molecule has 4 aliphatic carbocycles. The van der Waals surface area contributed by atoms with Gasteiger partial charge in [-0.25, -0.2) is 0 Å². The summed E-state index contributed by atoms with van der Waals surface area (Å²) in [4.78, 5) is 0. The zero-order valence-corrected chi connectivity index (χ0v) is 20.2. The van der Waals surface area contributed by atoms with E-state index in [4.69, 9.17) is 39.5 Å². The average Bonchev–Trinajstić information content (AvgIpc) is 2.71. The van der Waals surface area contributed by atoms with E-state index in [0.29, 0.717) is 28.1 Å². The Balaban J connectivity index is 1.26. The van der Waals surface area contributed by atoms with Crippen molar-refractivity contribution in [2.45, 2.75) is 64.6 Å². The number of hydrogen-bond donors (Lipinski definition) is 1. The van der Waals surface area contributed by atoms with Crippen molar-refractivity contribution in [1.29, 1.82) is 0 Å². The first-order valence-electron chi connectivity index (χ1n) is 11.5. The fraction of sp³-hybridized carbons (Fsp3) is 0.538. The van der Waals surface area contributed by atoms with Gasteiger partial charge in [-0.1, -0.05) is 40.9 Å². The van der Waals surface area contributed by atoms with Crippen molar-refractivity contribution in [3.8, 4) is 5.75 Å². The first-order chi connectivity index (χ1) is 14.9. The lowest BCUT2D eigenvalue weighted by atomic mass is 9.48. The maximum Gasteiger partial charge on any atom is 0.124 e. The van der Waals surface area contributed by atoms with Crippen molar-refractivity contribution in [3.05, 3.63) is 62.6 Å². The van der Waals surface area contributed by atoms with Gasteiger partial charge in [0.25, 0.3) is 0 Å². The van der Waals surface area contributed by atoms with Gasteiger partial charge in [0.15, 0.2) is 0 Å². The van der Waals surface area contributed by atoms with Crippen molar-refractivity contribution in [2.75, 3.05) is 0 Å². The molecule has 1 atom stereocenters. The van der Waals surface area contributed by atoms with E-state index in [-0.39, 0.29) is 0 Å². The molecule has 0 amide bonds. The summed E-state index contributed by atoms with van der Waals surface area (Å²) in [7, 11) is 0. The molecule has 2 nitrogen and oxygen atoms in total. The summed E-state index contributed by atoms with van der Waals surface area (Å²) >= 11 is 18.7. The standard InChI is InChI=1S/C26H30Cl3NO/c1-16(26-11-17-6-18(12-26)8-19(7-17)13-26)30-14-21-9-22(27)4-5-25(21)31-15-20-2-3-23(28)10-24(20)29/h2-5,9-10,16-19,30H,6-8,11-15H2,1H3/t16-,17?,18?,19?,26?/m0/s1. The van der Waals surface area contributed by atoms with Gasteiger partial charge >= 0.3 is 0 Å². The number of halogens is 3. The highest BCUT2D eigenvalue weighted by Crippen LogP contribution is 2.61. The van der Waals surface area contributed by atoms with Gasteiger partial charge in [0.05, 0.1) is 0 Å². The molecule has 4 bridgehead atoms. The molecule has 2 aromatic carbocycles. The number of ether oxygens (including phenoxy) is 1. The van der Waals surface area contributed by atoms with Crippen LogP contribution in [0.2, 0.25) is 15.1 Å². The van der Waals surface area contributed by atoms with Crippen molar-refractivity contribution in [2.24, 2.45) is 23.2 Å². The van der Waals surface area contributed by atoms with Crippen LogP contribution in [0.5, 0.6) is 5.75 Å². The Kier molecular flexibility index (Phi) is 6.20. The van der Waals surface area contributed by atoms with Crippen LogP contribution >= 0.6 is 34.8 Å². The minimum Gasteiger partial charge on any atom is -0.489 e. The second-order valence-corrected chi connectivity index (χ2v) is 11.4. The second kappa shape index (κ2) is 8.78. The molecule has 4 saturated carbocycles. The van der Waals surface area contributed by atoms with Crippen LogP contribution in [0.15, 0.2) is 36.4 Å². The lowest BCUT2D eigenvalue weighted by Gasteiger charge is -2.59. The number of benzene rings is 2. The molecule has 166 valence electrons. The fourth-order valence-corrected chi connectivity index (χ4v) is 7.47. The molecular formula is C26H30Cl3NO. The zero-order valence-electron chi connectivity index (χ0n) is 18.0. The van der Waals surface area contributed by atoms with E-state index in [1.807, 2.05) is 30.3 Å². The third-order valence-corrected chi connectivity index (χ3v) is 8.85. The van der Waals surface area contributed by atoms with E-state index in [1.54, 1.807) is 6.07 Å². The molecule has 0 unspecified atom stereocenters. The predicted molar refractivity (Wildman–Crippen MR) is 129 cm³/mol. The first kappa shape index (κ1) is 21.9. The molecule has 31 heavy (non-hydrogen) atoms. The normalized spacial score (nSPS) is 29.9. The first-order valence-corrected chi connectivity index (χ1v) is 12.6. The van der Waals surface area contributed by atoms with E-state index in [2.05, 4.69) is 12.2 Å². The molecular weight excluding hydrogens is 449 g/mol. The predicted octanol–water partition coefficient (Wildman–Crippen LogP) is 7.92. The molecule has 4 aliphatic rings. The van der Waals surface area contributed by atoms with Crippen LogP contribution in [0, 0.1) is 23.2 Å². The molecule has 0 saturated heterocycles. The van der Waals surface area contributed by atoms with E-state index < -0.39 is 0 Å². The lowest BCUT2D eigenvalue weighted by Crippen LogP contribution is -2.54. The minimum absolute atomic E-state index is 0.398. The van der Waals surface area contributed by atoms with Crippen LogP contribution in [0.1, 0.15) is 56.6 Å². The summed E-state index contributed by atoms with van der Waals surface area (Å²) in [5.41, 5.74) is 2.49. The van der Waals surface area contributed by atoms with Crippen LogP contribution in [0.4, 0.5) is 0 Å². The Morgan fingerprint density at radius 1 is 0.903 bits per heavy atom. The average molecular weight is 479 g/mol. The molecule has 0 aliphatic heterocycles. The fourth-order valence-electron chi connectivity index (χ4n) is 6.81. The Morgan fingerprint density at radius 2 is 1.52 bits per heavy atom. The maximum atomic E-state index is 6.33. The third-order valence-electron chi connectivity index (χ3n) is 8.02. The second-order valence-electron chi connectivity index (χ2n) is 10.2. The van der Waals surface area contributed by atoms with Crippen LogP contribution in [0.25, 0.3) is 0 Å². The SMILES string of the molecule is C[C@H](NCc1cc(Cl)ccc1OCc1ccc(Cl)cc1Cl)C12CC3CC(CC(C3)C1)C2. The molecule has 0 spiro atoms. The van der Waals surface area contributed by atoms with Crippen LogP contribution in [-0.4, -0.2) is 6.04 Å². The Morgan fingerprint density at radius 3 is 2.16 bits per heavy atom. The highest BCUT2D eigenvalue weighted by Gasteiger charge is 2.52. The number of nitrogens with one attached hydrogen (secondary N) is 1. The summed E-state index contributed by atoms with van der Waals surface area (Å²) in [5.74, 6) is 3.74. The molecule has 2 aromatic rings. The summed E-state index contributed by atoms with van der Waals surface area (Å²) in [6.45, 7) is 3.55. The quantitative estimate of drug-likeness (QED) is 0.436. The van der Waals surface area contributed by atoms with Crippen LogP contribution < -0.4 is 10.1 Å². The van der Waals surface area contributed by atoms with Gasteiger partial charge < -0.3 is 10.1 Å². The summed E-state index contributed by atoms with van der Waals surface area (Å²) in [5, 5.41) is 5.84. The number of rotatable bonds is 7. The van der Waals surface area contributed by atoms with Gasteiger partial charge in [-0.15, -0.1) is 0 Å². The zero-order chi connectivity index (χ0) is 21.6. The van der Waals surface area contributed by atoms with Gasteiger partial charge in [0, 0.05) is 38.8 Å². The maximum absolute atomic E-state index is 6.33. The van der Waals surface area contributed by atoms with Gasteiger partial charge in [0.2, 0.25) is 0 Å².